The molecule has 6 nitrogen and oxygen atoms in total. The molecule has 4 N–H and O–H groups in total. The van der Waals surface area contributed by atoms with Gasteiger partial charge in [0.2, 0.25) is 5.91 Å². The van der Waals surface area contributed by atoms with Crippen molar-refractivity contribution >= 4 is 17.6 Å². The van der Waals surface area contributed by atoms with Gasteiger partial charge in [0.15, 0.2) is 0 Å². The highest BCUT2D eigenvalue weighted by atomic mass is 16.2. The molecular weight excluding hydrogens is 340 g/mol. The number of nitrogens with one attached hydrogen (secondary N) is 4. The molecule has 27 heavy (non-hydrogen) atoms. The smallest absolute Gasteiger partial charge is 0.319 e. The lowest BCUT2D eigenvalue weighted by atomic mass is 9.84. The number of piperidine rings is 1. The van der Waals surface area contributed by atoms with Gasteiger partial charge in [-0.05, 0) is 75.2 Å². The van der Waals surface area contributed by atoms with E-state index in [1.807, 2.05) is 31.2 Å². The van der Waals surface area contributed by atoms with Crippen molar-refractivity contribution in [2.24, 2.45) is 11.8 Å². The lowest BCUT2D eigenvalue weighted by molar-refractivity contribution is -0.123. The Balaban J connectivity index is 1.44. The first-order valence-electron chi connectivity index (χ1n) is 10.2. The maximum Gasteiger partial charge on any atom is 0.319 e. The van der Waals surface area contributed by atoms with Gasteiger partial charge in [-0.1, -0.05) is 19.1 Å². The number of carbonyl (C=O) groups is 2. The molecule has 1 aromatic rings. The Bertz CT molecular complexity index is 636. The molecule has 2 aliphatic rings. The van der Waals surface area contributed by atoms with Crippen molar-refractivity contribution in [3.8, 4) is 0 Å². The van der Waals surface area contributed by atoms with E-state index in [0.717, 1.165) is 50.0 Å². The summed E-state index contributed by atoms with van der Waals surface area (Å²) < 4.78 is 0. The summed E-state index contributed by atoms with van der Waals surface area (Å²) >= 11 is 0. The van der Waals surface area contributed by atoms with Crippen LogP contribution in [0.2, 0.25) is 0 Å². The maximum atomic E-state index is 12.4. The third-order valence-corrected chi connectivity index (χ3v) is 5.65. The fourth-order valence-corrected chi connectivity index (χ4v) is 3.69. The van der Waals surface area contributed by atoms with Crippen LogP contribution in [0.4, 0.5) is 10.5 Å². The Kier molecular flexibility index (Phi) is 6.72. The molecule has 2 atom stereocenters. The van der Waals surface area contributed by atoms with Crippen molar-refractivity contribution in [3.05, 3.63) is 29.8 Å². The van der Waals surface area contributed by atoms with Gasteiger partial charge in [-0.25, -0.2) is 4.79 Å². The summed E-state index contributed by atoms with van der Waals surface area (Å²) in [6.07, 6.45) is 5.04. The van der Waals surface area contributed by atoms with Crippen LogP contribution in [0, 0.1) is 11.8 Å². The predicted molar refractivity (Wildman–Crippen MR) is 108 cm³/mol. The van der Waals surface area contributed by atoms with E-state index < -0.39 is 0 Å². The Morgan fingerprint density at radius 2 is 1.74 bits per heavy atom. The SMILES string of the molecule is CC(NC(=O)CC(C)C1CCNCC1)c1ccc(NC(=O)NC2CC2)cc1. The first-order valence-corrected chi connectivity index (χ1v) is 10.2. The fourth-order valence-electron chi connectivity index (χ4n) is 3.69. The van der Waals surface area contributed by atoms with Crippen LogP contribution in [0.15, 0.2) is 24.3 Å². The van der Waals surface area contributed by atoms with Crippen LogP contribution >= 0.6 is 0 Å². The van der Waals surface area contributed by atoms with Crippen molar-refractivity contribution in [3.63, 3.8) is 0 Å². The molecule has 3 amide bonds. The molecule has 6 heteroatoms. The number of hydrogen-bond acceptors (Lipinski definition) is 3. The summed E-state index contributed by atoms with van der Waals surface area (Å²) in [6.45, 7) is 6.31. The number of urea groups is 1. The highest BCUT2D eigenvalue weighted by Gasteiger charge is 2.24. The summed E-state index contributed by atoms with van der Waals surface area (Å²) in [7, 11) is 0. The van der Waals surface area contributed by atoms with Gasteiger partial charge in [-0.2, -0.15) is 0 Å². The van der Waals surface area contributed by atoms with Gasteiger partial charge >= 0.3 is 6.03 Å². The standard InChI is InChI=1S/C21H32N4O2/c1-14(16-9-11-22-12-10-16)13-20(26)23-15(2)17-3-5-18(6-4-17)24-21(27)25-19-7-8-19/h3-6,14-16,19,22H,7-13H2,1-2H3,(H,23,26)(H2,24,25,27). The summed E-state index contributed by atoms with van der Waals surface area (Å²) in [5.41, 5.74) is 1.79. The highest BCUT2D eigenvalue weighted by Crippen LogP contribution is 2.25. The molecule has 1 heterocycles. The van der Waals surface area contributed by atoms with Crippen molar-refractivity contribution < 1.29 is 9.59 Å². The first kappa shape index (κ1) is 19.7. The minimum absolute atomic E-state index is 0.0490. The largest absolute Gasteiger partial charge is 0.350 e. The van der Waals surface area contributed by atoms with E-state index in [1.165, 1.54) is 0 Å². The van der Waals surface area contributed by atoms with E-state index >= 15 is 0 Å². The minimum Gasteiger partial charge on any atom is -0.350 e. The lowest BCUT2D eigenvalue weighted by Gasteiger charge is -2.28. The molecular formula is C21H32N4O2. The highest BCUT2D eigenvalue weighted by molar-refractivity contribution is 5.89. The summed E-state index contributed by atoms with van der Waals surface area (Å²) in [5, 5.41) is 12.2. The topological polar surface area (TPSA) is 82.3 Å². The monoisotopic (exact) mass is 372 g/mol. The van der Waals surface area contributed by atoms with E-state index in [0.29, 0.717) is 24.3 Å². The van der Waals surface area contributed by atoms with E-state index in [2.05, 4.69) is 28.2 Å². The van der Waals surface area contributed by atoms with Crippen LogP contribution in [0.25, 0.3) is 0 Å². The molecule has 1 saturated carbocycles. The van der Waals surface area contributed by atoms with Crippen molar-refractivity contribution in [2.45, 2.75) is 58.0 Å². The van der Waals surface area contributed by atoms with Crippen LogP contribution in [-0.4, -0.2) is 31.1 Å². The van der Waals surface area contributed by atoms with Crippen LogP contribution in [0.3, 0.4) is 0 Å². The van der Waals surface area contributed by atoms with Crippen LogP contribution in [0.5, 0.6) is 0 Å². The molecule has 1 aromatic carbocycles. The van der Waals surface area contributed by atoms with Gasteiger partial charge < -0.3 is 21.3 Å². The molecule has 0 radical (unpaired) electrons. The number of amides is 3. The second kappa shape index (κ2) is 9.22. The lowest BCUT2D eigenvalue weighted by Crippen LogP contribution is -2.34. The molecule has 2 unspecified atom stereocenters. The number of rotatable bonds is 7. The second-order valence-corrected chi connectivity index (χ2v) is 8.05. The average Bonchev–Trinajstić information content (AvgIpc) is 3.46. The third-order valence-electron chi connectivity index (χ3n) is 5.65. The van der Waals surface area contributed by atoms with E-state index in [-0.39, 0.29) is 18.0 Å². The normalized spacial score (nSPS) is 19.8. The molecule has 3 rings (SSSR count). The van der Waals surface area contributed by atoms with Crippen LogP contribution < -0.4 is 21.3 Å². The molecule has 0 aromatic heterocycles. The summed E-state index contributed by atoms with van der Waals surface area (Å²) in [6, 6.07) is 7.80. The Morgan fingerprint density at radius 3 is 2.37 bits per heavy atom. The average molecular weight is 373 g/mol. The Hall–Kier alpha value is -2.08. The number of carbonyl (C=O) groups excluding carboxylic acids is 2. The Labute approximate surface area is 161 Å². The number of benzene rings is 1. The van der Waals surface area contributed by atoms with Crippen LogP contribution in [0.1, 0.15) is 57.6 Å². The van der Waals surface area contributed by atoms with Crippen molar-refractivity contribution in [1.29, 1.82) is 0 Å². The summed E-state index contributed by atoms with van der Waals surface area (Å²) in [5.74, 6) is 1.16. The first-order chi connectivity index (χ1) is 13.0. The quantitative estimate of drug-likeness (QED) is 0.593. The van der Waals surface area contributed by atoms with Crippen LogP contribution in [-0.2, 0) is 4.79 Å². The van der Waals surface area contributed by atoms with Gasteiger partial charge in [0.05, 0.1) is 6.04 Å². The van der Waals surface area contributed by atoms with E-state index in [9.17, 15) is 9.59 Å². The molecule has 1 saturated heterocycles. The van der Waals surface area contributed by atoms with Crippen molar-refractivity contribution in [2.75, 3.05) is 18.4 Å². The van der Waals surface area contributed by atoms with Gasteiger partial charge in [-0.15, -0.1) is 0 Å². The molecule has 148 valence electrons. The van der Waals surface area contributed by atoms with Crippen molar-refractivity contribution in [1.82, 2.24) is 16.0 Å². The molecule has 1 aliphatic heterocycles. The van der Waals surface area contributed by atoms with Gasteiger partial charge in [0.1, 0.15) is 0 Å². The van der Waals surface area contributed by atoms with E-state index in [1.54, 1.807) is 0 Å². The zero-order valence-corrected chi connectivity index (χ0v) is 16.4. The number of hydrogen-bond donors (Lipinski definition) is 4. The summed E-state index contributed by atoms with van der Waals surface area (Å²) in [4.78, 5) is 24.2. The third kappa shape index (κ3) is 6.24. The second-order valence-electron chi connectivity index (χ2n) is 8.05. The molecule has 0 bridgehead atoms. The number of anilines is 1. The molecule has 0 spiro atoms. The maximum absolute atomic E-state index is 12.4. The van der Waals surface area contributed by atoms with E-state index in [4.69, 9.17) is 0 Å². The Morgan fingerprint density at radius 1 is 1.07 bits per heavy atom. The zero-order chi connectivity index (χ0) is 19.2. The fraction of sp³-hybridized carbons (Fsp3) is 0.619. The molecule has 1 aliphatic carbocycles. The van der Waals surface area contributed by atoms with Gasteiger partial charge in [-0.3, -0.25) is 4.79 Å². The predicted octanol–water partition coefficient (Wildman–Crippen LogP) is 3.17. The minimum atomic E-state index is -0.154. The van der Waals surface area contributed by atoms with Gasteiger partial charge in [0, 0.05) is 18.2 Å². The zero-order valence-electron chi connectivity index (χ0n) is 16.4. The van der Waals surface area contributed by atoms with Gasteiger partial charge in [0.25, 0.3) is 0 Å². The molecule has 2 fully saturated rings.